The summed E-state index contributed by atoms with van der Waals surface area (Å²) in [5.41, 5.74) is 3.42. The zero-order chi connectivity index (χ0) is 8.43. The van der Waals surface area contributed by atoms with Crippen LogP contribution in [0.15, 0.2) is 25.6 Å². The molecule has 0 unspecified atom stereocenters. The standard InChI is InChI=1S/C6H5Br3N2.BrH/c7-3-1-4(8)6(11-10)5(9)2-3;/h1-2,11H,10H2;1H. The Morgan fingerprint density at radius 3 is 1.83 bits per heavy atom. The number of rotatable bonds is 1. The molecule has 1 aromatic rings. The van der Waals surface area contributed by atoms with E-state index in [1.165, 1.54) is 0 Å². The van der Waals surface area contributed by atoms with Gasteiger partial charge < -0.3 is 5.43 Å². The molecule has 0 radical (unpaired) electrons. The molecule has 0 saturated carbocycles. The average Bonchev–Trinajstić information content (AvgIpc) is 1.85. The van der Waals surface area contributed by atoms with Gasteiger partial charge >= 0.3 is 0 Å². The number of nitrogens with two attached hydrogens (primary N) is 1. The van der Waals surface area contributed by atoms with Crippen molar-refractivity contribution in [3.05, 3.63) is 25.6 Å². The molecule has 0 heterocycles. The molecule has 68 valence electrons. The molecular formula is C6H6Br4N2. The largest absolute Gasteiger partial charge is 0.322 e. The molecule has 6 heteroatoms. The summed E-state index contributed by atoms with van der Waals surface area (Å²) >= 11 is 10.1. The zero-order valence-electron chi connectivity index (χ0n) is 5.77. The number of halogens is 4. The first kappa shape index (κ1) is 12.9. The van der Waals surface area contributed by atoms with E-state index in [0.717, 1.165) is 19.1 Å². The van der Waals surface area contributed by atoms with Crippen molar-refractivity contribution in [3.63, 3.8) is 0 Å². The summed E-state index contributed by atoms with van der Waals surface area (Å²) in [5.74, 6) is 5.28. The second kappa shape index (κ2) is 5.59. The van der Waals surface area contributed by atoms with Crippen molar-refractivity contribution < 1.29 is 0 Å². The minimum atomic E-state index is 0. The van der Waals surface area contributed by atoms with Crippen molar-refractivity contribution in [2.75, 3.05) is 5.43 Å². The highest BCUT2D eigenvalue weighted by Crippen LogP contribution is 2.33. The Morgan fingerprint density at radius 2 is 1.50 bits per heavy atom. The van der Waals surface area contributed by atoms with Crippen LogP contribution in [0.4, 0.5) is 5.69 Å². The molecule has 3 N–H and O–H groups in total. The van der Waals surface area contributed by atoms with E-state index in [1.54, 1.807) is 0 Å². The predicted molar refractivity (Wildman–Crippen MR) is 67.7 cm³/mol. The highest BCUT2D eigenvalue weighted by atomic mass is 79.9. The topological polar surface area (TPSA) is 38.0 Å². The number of benzene rings is 1. The number of nitrogens with one attached hydrogen (secondary N) is 1. The van der Waals surface area contributed by atoms with E-state index in [-0.39, 0.29) is 17.0 Å². The Labute approximate surface area is 106 Å². The Kier molecular flexibility index (Phi) is 6.01. The van der Waals surface area contributed by atoms with Gasteiger partial charge in [0.1, 0.15) is 0 Å². The molecule has 1 rings (SSSR count). The van der Waals surface area contributed by atoms with Crippen LogP contribution in [0.25, 0.3) is 0 Å². The van der Waals surface area contributed by atoms with Crippen LogP contribution >= 0.6 is 64.8 Å². The SMILES string of the molecule is Br.NNc1c(Br)cc(Br)cc1Br. The van der Waals surface area contributed by atoms with Gasteiger partial charge in [-0.25, -0.2) is 0 Å². The maximum Gasteiger partial charge on any atom is 0.0771 e. The van der Waals surface area contributed by atoms with E-state index < -0.39 is 0 Å². The van der Waals surface area contributed by atoms with Crippen molar-refractivity contribution >= 4 is 70.5 Å². The molecule has 2 nitrogen and oxygen atoms in total. The highest BCUT2D eigenvalue weighted by molar-refractivity contribution is 9.11. The van der Waals surface area contributed by atoms with Crippen molar-refractivity contribution in [1.82, 2.24) is 0 Å². The quantitative estimate of drug-likeness (QED) is 0.530. The average molecular weight is 426 g/mol. The summed E-state index contributed by atoms with van der Waals surface area (Å²) in [7, 11) is 0. The van der Waals surface area contributed by atoms with E-state index in [2.05, 4.69) is 53.2 Å². The zero-order valence-corrected chi connectivity index (χ0v) is 12.2. The number of nitrogen functional groups attached to an aromatic ring is 1. The molecule has 0 bridgehead atoms. The van der Waals surface area contributed by atoms with Crippen molar-refractivity contribution in [3.8, 4) is 0 Å². The van der Waals surface area contributed by atoms with E-state index in [9.17, 15) is 0 Å². The van der Waals surface area contributed by atoms with Crippen molar-refractivity contribution in [2.24, 2.45) is 5.84 Å². The minimum Gasteiger partial charge on any atom is -0.322 e. The van der Waals surface area contributed by atoms with E-state index >= 15 is 0 Å². The molecule has 0 aliphatic heterocycles. The Bertz CT molecular complexity index is 253. The maximum atomic E-state index is 5.28. The van der Waals surface area contributed by atoms with Gasteiger partial charge in [0.2, 0.25) is 0 Å². The van der Waals surface area contributed by atoms with Crippen LogP contribution in [0.5, 0.6) is 0 Å². The van der Waals surface area contributed by atoms with Crippen LogP contribution < -0.4 is 11.3 Å². The van der Waals surface area contributed by atoms with Gasteiger partial charge in [-0.05, 0) is 44.0 Å². The molecule has 0 amide bonds. The fourth-order valence-corrected chi connectivity index (χ4v) is 3.17. The lowest BCUT2D eigenvalue weighted by Gasteiger charge is -2.05. The number of anilines is 1. The molecular weight excluding hydrogens is 420 g/mol. The Hall–Kier alpha value is 0.900. The molecule has 0 atom stereocenters. The molecule has 0 saturated heterocycles. The summed E-state index contributed by atoms with van der Waals surface area (Å²) in [4.78, 5) is 0. The highest BCUT2D eigenvalue weighted by Gasteiger charge is 2.03. The summed E-state index contributed by atoms with van der Waals surface area (Å²) in [6.45, 7) is 0. The fourth-order valence-electron chi connectivity index (χ4n) is 0.680. The summed E-state index contributed by atoms with van der Waals surface area (Å²) in [6, 6.07) is 3.83. The first-order valence-corrected chi connectivity index (χ1v) is 5.14. The van der Waals surface area contributed by atoms with Crippen molar-refractivity contribution in [1.29, 1.82) is 0 Å². The van der Waals surface area contributed by atoms with E-state index in [1.807, 2.05) is 12.1 Å². The van der Waals surface area contributed by atoms with Gasteiger partial charge in [0.25, 0.3) is 0 Å². The third kappa shape index (κ3) is 2.99. The van der Waals surface area contributed by atoms with E-state index in [0.29, 0.717) is 0 Å². The first-order valence-electron chi connectivity index (χ1n) is 2.76. The first-order chi connectivity index (χ1) is 5.15. The van der Waals surface area contributed by atoms with Crippen molar-refractivity contribution in [2.45, 2.75) is 0 Å². The van der Waals surface area contributed by atoms with Gasteiger partial charge in [-0.1, -0.05) is 15.9 Å². The minimum absolute atomic E-state index is 0. The summed E-state index contributed by atoms with van der Waals surface area (Å²) in [5, 5.41) is 0. The number of hydrogen-bond acceptors (Lipinski definition) is 2. The smallest absolute Gasteiger partial charge is 0.0771 e. The van der Waals surface area contributed by atoms with Crippen LogP contribution in [0.3, 0.4) is 0 Å². The molecule has 0 spiro atoms. The monoisotopic (exact) mass is 422 g/mol. The van der Waals surface area contributed by atoms with Gasteiger partial charge in [0.05, 0.1) is 5.69 Å². The van der Waals surface area contributed by atoms with Gasteiger partial charge in [0, 0.05) is 13.4 Å². The third-order valence-electron chi connectivity index (χ3n) is 1.15. The van der Waals surface area contributed by atoms with Crippen LogP contribution in [0, 0.1) is 0 Å². The summed E-state index contributed by atoms with van der Waals surface area (Å²) in [6.07, 6.45) is 0. The van der Waals surface area contributed by atoms with Crippen LogP contribution in [0.2, 0.25) is 0 Å². The third-order valence-corrected chi connectivity index (χ3v) is 2.86. The second-order valence-corrected chi connectivity index (χ2v) is 4.51. The van der Waals surface area contributed by atoms with Crippen LogP contribution in [0.1, 0.15) is 0 Å². The molecule has 0 aliphatic carbocycles. The number of hydrazine groups is 1. The fraction of sp³-hybridized carbons (Fsp3) is 0. The van der Waals surface area contributed by atoms with Gasteiger partial charge in [-0.2, -0.15) is 0 Å². The Balaban J connectivity index is 0.00000121. The molecule has 0 fully saturated rings. The Morgan fingerprint density at radius 1 is 1.08 bits per heavy atom. The second-order valence-electron chi connectivity index (χ2n) is 1.89. The van der Waals surface area contributed by atoms with Gasteiger partial charge in [-0.15, -0.1) is 17.0 Å². The molecule has 0 aromatic heterocycles. The van der Waals surface area contributed by atoms with Gasteiger partial charge in [0.15, 0.2) is 0 Å². The summed E-state index contributed by atoms with van der Waals surface area (Å²) < 4.78 is 2.83. The molecule has 1 aromatic carbocycles. The van der Waals surface area contributed by atoms with Crippen LogP contribution in [-0.4, -0.2) is 0 Å². The van der Waals surface area contributed by atoms with E-state index in [4.69, 9.17) is 5.84 Å². The predicted octanol–water partition coefficient (Wildman–Crippen LogP) is 3.84. The molecule has 0 aliphatic rings. The lowest BCUT2D eigenvalue weighted by atomic mass is 10.3. The lowest BCUT2D eigenvalue weighted by molar-refractivity contribution is 1.32. The van der Waals surface area contributed by atoms with Gasteiger partial charge in [-0.3, -0.25) is 5.84 Å². The molecule has 12 heavy (non-hydrogen) atoms. The normalized spacial score (nSPS) is 9.00. The van der Waals surface area contributed by atoms with Crippen LogP contribution in [-0.2, 0) is 0 Å². The number of hydrogen-bond donors (Lipinski definition) is 2. The maximum absolute atomic E-state index is 5.28. The lowest BCUT2D eigenvalue weighted by Crippen LogP contribution is -2.07.